The van der Waals surface area contributed by atoms with Gasteiger partial charge >= 0.3 is 0 Å². The minimum Gasteiger partial charge on any atom is -0.242 e. The van der Waals surface area contributed by atoms with Gasteiger partial charge in [-0.2, -0.15) is 5.26 Å². The normalized spacial score (nSPS) is 8.82. The van der Waals surface area contributed by atoms with E-state index in [1.807, 2.05) is 26.0 Å². The van der Waals surface area contributed by atoms with Crippen molar-refractivity contribution < 1.29 is 0 Å². The molecule has 0 saturated carbocycles. The summed E-state index contributed by atoms with van der Waals surface area (Å²) >= 11 is 4.06. The van der Waals surface area contributed by atoms with E-state index in [0.717, 1.165) is 16.3 Å². The van der Waals surface area contributed by atoms with Crippen molar-refractivity contribution in [2.24, 2.45) is 0 Å². The van der Waals surface area contributed by atoms with Gasteiger partial charge < -0.3 is 0 Å². The lowest BCUT2D eigenvalue weighted by atomic mass is 10.2. The predicted octanol–water partition coefficient (Wildman–Crippen LogP) is 2.94. The van der Waals surface area contributed by atoms with Gasteiger partial charge in [0.25, 0.3) is 0 Å². The van der Waals surface area contributed by atoms with Gasteiger partial charge in [0.05, 0.1) is 11.6 Å². The Labute approximate surface area is 107 Å². The lowest BCUT2D eigenvalue weighted by molar-refractivity contribution is 1.05. The molecule has 1 heterocycles. The maximum Gasteiger partial charge on any atom is 0.115 e. The summed E-state index contributed by atoms with van der Waals surface area (Å²) in [7, 11) is 0. The number of aromatic nitrogens is 2. The molecule has 0 bridgehead atoms. The Morgan fingerprint density at radius 1 is 1.06 bits per heavy atom. The quantitative estimate of drug-likeness (QED) is 0.724. The van der Waals surface area contributed by atoms with Crippen molar-refractivity contribution in [3.8, 4) is 6.07 Å². The van der Waals surface area contributed by atoms with Crippen LogP contribution in [0.2, 0.25) is 0 Å². The minimum atomic E-state index is 0.674. The van der Waals surface area contributed by atoms with Gasteiger partial charge in [0, 0.05) is 16.3 Å². The van der Waals surface area contributed by atoms with Crippen LogP contribution < -0.4 is 0 Å². The third-order valence-corrected chi connectivity index (χ3v) is 2.24. The first-order valence-corrected chi connectivity index (χ1v) is 5.51. The molecule has 0 saturated heterocycles. The number of aryl methyl sites for hydroxylation is 2. The average Bonchev–Trinajstić information content (AvgIpc) is 2.30. The molecule has 86 valence electrons. The third-order valence-electron chi connectivity index (χ3n) is 1.94. The van der Waals surface area contributed by atoms with Gasteiger partial charge in [-0.25, -0.2) is 9.97 Å². The molecule has 0 N–H and O–H groups in total. The summed E-state index contributed by atoms with van der Waals surface area (Å²) < 4.78 is 0. The largest absolute Gasteiger partial charge is 0.242 e. The first-order valence-electron chi connectivity index (χ1n) is 5.06. The average molecular weight is 243 g/mol. The Hall–Kier alpha value is -1.86. The van der Waals surface area contributed by atoms with E-state index >= 15 is 0 Å². The van der Waals surface area contributed by atoms with Gasteiger partial charge in [-0.05, 0) is 44.2 Å². The number of hydrogen-bond acceptors (Lipinski definition) is 4. The van der Waals surface area contributed by atoms with E-state index in [9.17, 15) is 0 Å². The number of thiol groups is 1. The second kappa shape index (κ2) is 6.66. The monoisotopic (exact) mass is 243 g/mol. The van der Waals surface area contributed by atoms with E-state index in [1.165, 1.54) is 0 Å². The van der Waals surface area contributed by atoms with Crippen LogP contribution in [0.1, 0.15) is 17.0 Å². The number of hydrogen-bond donors (Lipinski definition) is 1. The lowest BCUT2D eigenvalue weighted by Crippen LogP contribution is -1.84. The molecule has 0 spiro atoms. The number of nitrogens with zero attached hydrogens (tertiary/aromatic N) is 3. The van der Waals surface area contributed by atoms with Crippen LogP contribution in [-0.2, 0) is 0 Å². The van der Waals surface area contributed by atoms with Crippen LogP contribution >= 0.6 is 12.6 Å². The molecular weight excluding hydrogens is 230 g/mol. The molecular formula is C13H13N3S. The highest BCUT2D eigenvalue weighted by Crippen LogP contribution is 2.05. The summed E-state index contributed by atoms with van der Waals surface area (Å²) in [5.74, 6) is 0. The Balaban J connectivity index is 0.000000171. The van der Waals surface area contributed by atoms with Crippen LogP contribution in [0.3, 0.4) is 0 Å². The summed E-state index contributed by atoms with van der Waals surface area (Å²) in [6.07, 6.45) is 1.57. The summed E-state index contributed by atoms with van der Waals surface area (Å²) in [5, 5.41) is 8.35. The minimum absolute atomic E-state index is 0.674. The fourth-order valence-electron chi connectivity index (χ4n) is 1.12. The topological polar surface area (TPSA) is 49.6 Å². The fraction of sp³-hybridized carbons (Fsp3) is 0.154. The molecule has 2 aromatic rings. The van der Waals surface area contributed by atoms with E-state index < -0.39 is 0 Å². The first-order chi connectivity index (χ1) is 8.11. The van der Waals surface area contributed by atoms with Crippen LogP contribution in [0, 0.1) is 25.2 Å². The van der Waals surface area contributed by atoms with E-state index in [4.69, 9.17) is 5.26 Å². The summed E-state index contributed by atoms with van der Waals surface area (Å²) in [6.45, 7) is 3.91. The number of benzene rings is 1. The molecule has 0 aliphatic rings. The second-order valence-electron chi connectivity index (χ2n) is 3.46. The van der Waals surface area contributed by atoms with Gasteiger partial charge in [0.2, 0.25) is 0 Å². The first kappa shape index (κ1) is 13.2. The van der Waals surface area contributed by atoms with Gasteiger partial charge in [-0.1, -0.05) is 0 Å². The molecule has 0 atom stereocenters. The molecule has 4 heteroatoms. The van der Waals surface area contributed by atoms with Crippen molar-refractivity contribution in [1.82, 2.24) is 9.97 Å². The van der Waals surface area contributed by atoms with E-state index in [2.05, 4.69) is 22.6 Å². The fourth-order valence-corrected chi connectivity index (χ4v) is 1.27. The summed E-state index contributed by atoms with van der Waals surface area (Å²) in [6, 6.07) is 11.0. The molecule has 1 aromatic carbocycles. The van der Waals surface area contributed by atoms with Crippen molar-refractivity contribution in [2.45, 2.75) is 18.7 Å². The third kappa shape index (κ3) is 5.14. The highest BCUT2D eigenvalue weighted by atomic mass is 32.1. The van der Waals surface area contributed by atoms with Crippen molar-refractivity contribution >= 4 is 12.6 Å². The van der Waals surface area contributed by atoms with Crippen LogP contribution in [0.4, 0.5) is 0 Å². The summed E-state index contributed by atoms with van der Waals surface area (Å²) in [5.41, 5.74) is 2.72. The van der Waals surface area contributed by atoms with Gasteiger partial charge in [0.1, 0.15) is 6.33 Å². The van der Waals surface area contributed by atoms with Gasteiger partial charge in [0.15, 0.2) is 0 Å². The van der Waals surface area contributed by atoms with Crippen LogP contribution in [0.25, 0.3) is 0 Å². The lowest BCUT2D eigenvalue weighted by Gasteiger charge is -1.89. The Morgan fingerprint density at radius 2 is 1.59 bits per heavy atom. The maximum absolute atomic E-state index is 8.35. The standard InChI is InChI=1S/C7H5NS.C6H8N2/c8-5-6-1-3-7(9)4-2-6;1-5-3-6(2)8-4-7-5/h1-4,9H;3-4H,1-2H3. The van der Waals surface area contributed by atoms with Crippen molar-refractivity contribution in [3.63, 3.8) is 0 Å². The van der Waals surface area contributed by atoms with Crippen LogP contribution in [-0.4, -0.2) is 9.97 Å². The van der Waals surface area contributed by atoms with Gasteiger partial charge in [-0.15, -0.1) is 12.6 Å². The highest BCUT2D eigenvalue weighted by Gasteiger charge is 1.85. The van der Waals surface area contributed by atoms with E-state index in [-0.39, 0.29) is 0 Å². The molecule has 17 heavy (non-hydrogen) atoms. The van der Waals surface area contributed by atoms with Crippen molar-refractivity contribution in [1.29, 1.82) is 5.26 Å². The second-order valence-corrected chi connectivity index (χ2v) is 3.98. The molecule has 1 aromatic heterocycles. The Kier molecular flexibility index (Phi) is 5.18. The molecule has 0 aliphatic carbocycles. The molecule has 0 unspecified atom stereocenters. The SMILES string of the molecule is Cc1cc(C)ncn1.N#Cc1ccc(S)cc1. The maximum atomic E-state index is 8.35. The zero-order valence-corrected chi connectivity index (χ0v) is 10.6. The van der Waals surface area contributed by atoms with Crippen molar-refractivity contribution in [3.05, 3.63) is 53.6 Å². The van der Waals surface area contributed by atoms with Gasteiger partial charge in [-0.3, -0.25) is 0 Å². The molecule has 0 amide bonds. The zero-order valence-electron chi connectivity index (χ0n) is 9.75. The molecule has 0 radical (unpaired) electrons. The summed E-state index contributed by atoms with van der Waals surface area (Å²) in [4.78, 5) is 8.74. The molecule has 2 rings (SSSR count). The number of nitriles is 1. The Morgan fingerprint density at radius 3 is 1.94 bits per heavy atom. The highest BCUT2D eigenvalue weighted by molar-refractivity contribution is 7.80. The van der Waals surface area contributed by atoms with Crippen LogP contribution in [0.5, 0.6) is 0 Å². The van der Waals surface area contributed by atoms with E-state index in [1.54, 1.807) is 30.6 Å². The predicted molar refractivity (Wildman–Crippen MR) is 69.9 cm³/mol. The van der Waals surface area contributed by atoms with E-state index in [0.29, 0.717) is 5.56 Å². The van der Waals surface area contributed by atoms with Crippen molar-refractivity contribution in [2.75, 3.05) is 0 Å². The Bertz CT molecular complexity index is 498. The zero-order chi connectivity index (χ0) is 12.7. The number of rotatable bonds is 0. The molecule has 0 aliphatic heterocycles. The van der Waals surface area contributed by atoms with Crippen LogP contribution in [0.15, 0.2) is 41.6 Å². The molecule has 3 nitrogen and oxygen atoms in total. The smallest absolute Gasteiger partial charge is 0.115 e. The molecule has 0 fully saturated rings.